The third-order valence-corrected chi connectivity index (χ3v) is 9.16. The third-order valence-electron chi connectivity index (χ3n) is 8.11. The van der Waals surface area contributed by atoms with Gasteiger partial charge >= 0.3 is 0 Å². The van der Waals surface area contributed by atoms with Crippen molar-refractivity contribution >= 4 is 102 Å². The Morgan fingerprint density at radius 1 is 0.863 bits per heavy atom. The van der Waals surface area contributed by atoms with Crippen molar-refractivity contribution in [2.75, 3.05) is 6.54 Å². The first kappa shape index (κ1) is 42.9. The second-order valence-electron chi connectivity index (χ2n) is 11.7. The molecule has 0 saturated carbocycles. The van der Waals surface area contributed by atoms with Crippen molar-refractivity contribution in [2.24, 2.45) is 22.4 Å². The highest BCUT2D eigenvalue weighted by Gasteiger charge is 2.32. The monoisotopic (exact) mass is 767 g/mol. The minimum absolute atomic E-state index is 0. The number of hydrogen-bond donors (Lipinski definition) is 5. The minimum atomic E-state index is -0.956. The Morgan fingerprint density at radius 3 is 2.25 bits per heavy atom. The summed E-state index contributed by atoms with van der Waals surface area (Å²) in [6, 6.07) is 22.6. The molecule has 0 fully saturated rings. The molecule has 0 aliphatic rings. The fourth-order valence-corrected chi connectivity index (χ4v) is 6.74. The first-order valence-corrected chi connectivity index (χ1v) is 16.6. The third kappa shape index (κ3) is 11.9. The predicted octanol–water partition coefficient (Wildman–Crippen LogP) is 4.40. The van der Waals surface area contributed by atoms with Gasteiger partial charge in [-0.15, -0.1) is 11.3 Å². The van der Waals surface area contributed by atoms with Crippen LogP contribution in [0, 0.1) is 5.92 Å². The van der Waals surface area contributed by atoms with Crippen LogP contribution in [0.2, 0.25) is 0 Å². The number of fused-ring (bicyclic) bond motifs is 2. The average Bonchev–Trinajstić information content (AvgIpc) is 3.70. The quantitative estimate of drug-likeness (QED) is 0.0426. The van der Waals surface area contributed by atoms with Gasteiger partial charge in [0.1, 0.15) is 6.04 Å². The van der Waals surface area contributed by atoms with Crippen molar-refractivity contribution in [2.45, 2.75) is 51.1 Å². The van der Waals surface area contributed by atoms with Crippen molar-refractivity contribution in [1.82, 2.24) is 20.6 Å². The Kier molecular flexibility index (Phi) is 17.2. The highest BCUT2D eigenvalue weighted by Crippen LogP contribution is 2.27. The molecule has 51 heavy (non-hydrogen) atoms. The van der Waals surface area contributed by atoms with E-state index in [4.69, 9.17) is 11.5 Å². The molecule has 0 bridgehead atoms. The van der Waals surface area contributed by atoms with Crippen molar-refractivity contribution in [3.05, 3.63) is 101 Å². The SMILES string of the molecule is CC(=O)N[C@@H](Cc1c[nH]c2ccccc12)C(=O)N[C@@H](Cc1ccccc1)C(=O)C[C@@H](CCCN=C(N)N)C(=O)c1nc2ccccc2s1.S.S.S. The standard InChI is InChI=1S/C36H39N7O4S.3H2S/c1-22(44)41-30(19-25-21-40-27-14-6-5-13-26(25)27)34(47)42-29(18-23-10-3-2-4-11-23)31(45)20-24(12-9-17-39-36(37)38)33(46)35-43-28-15-7-8-16-32(28)48-35;;;/h2-8,10-11,13-16,21,24,29-30,40H,9,12,17-20H2,1H3,(H,41,44)(H,42,47)(H4,37,38,39);3*1H2/t24-,29+,30+;;;/m1.../s1. The van der Waals surface area contributed by atoms with Gasteiger partial charge in [0.25, 0.3) is 0 Å². The molecule has 15 heteroatoms. The number of aromatic amines is 1. The van der Waals surface area contributed by atoms with Crippen molar-refractivity contribution in [1.29, 1.82) is 0 Å². The van der Waals surface area contributed by atoms with Gasteiger partial charge in [0.05, 0.1) is 16.3 Å². The van der Waals surface area contributed by atoms with E-state index in [1.54, 1.807) is 0 Å². The summed E-state index contributed by atoms with van der Waals surface area (Å²) in [4.78, 5) is 65.9. The molecule has 2 heterocycles. The summed E-state index contributed by atoms with van der Waals surface area (Å²) < 4.78 is 0.875. The van der Waals surface area contributed by atoms with Crippen LogP contribution in [0.1, 0.15) is 47.1 Å². The fraction of sp³-hybridized carbons (Fsp3) is 0.278. The maximum absolute atomic E-state index is 14.1. The van der Waals surface area contributed by atoms with Gasteiger partial charge in [0.2, 0.25) is 11.8 Å². The normalized spacial score (nSPS) is 12.3. The Hall–Kier alpha value is -4.31. The Bertz CT molecular complexity index is 1910. The van der Waals surface area contributed by atoms with Crippen LogP contribution in [-0.2, 0) is 27.2 Å². The van der Waals surface area contributed by atoms with Crippen molar-refractivity contribution in [3.8, 4) is 0 Å². The van der Waals surface area contributed by atoms with E-state index in [-0.39, 0.29) is 83.2 Å². The molecule has 0 unspecified atom stereocenters. The van der Waals surface area contributed by atoms with Crippen molar-refractivity contribution in [3.63, 3.8) is 0 Å². The van der Waals surface area contributed by atoms with Crippen LogP contribution < -0.4 is 22.1 Å². The summed E-state index contributed by atoms with van der Waals surface area (Å²) in [5.41, 5.74) is 14.3. The van der Waals surface area contributed by atoms with E-state index in [9.17, 15) is 19.2 Å². The average molecular weight is 768 g/mol. The Balaban J connectivity index is 0.00000300. The van der Waals surface area contributed by atoms with E-state index in [1.807, 2.05) is 85.1 Å². The molecule has 272 valence electrons. The fourth-order valence-electron chi connectivity index (χ4n) is 5.75. The smallest absolute Gasteiger partial charge is 0.243 e. The van der Waals surface area contributed by atoms with Crippen LogP contribution in [0.5, 0.6) is 0 Å². The van der Waals surface area contributed by atoms with E-state index >= 15 is 0 Å². The molecule has 2 amide bonds. The lowest BCUT2D eigenvalue weighted by atomic mass is 9.88. The number of carbonyl (C=O) groups is 4. The number of nitrogens with one attached hydrogen (secondary N) is 3. The molecule has 0 aliphatic heterocycles. The summed E-state index contributed by atoms with van der Waals surface area (Å²) in [6.07, 6.45) is 2.93. The number of thiazole rings is 1. The number of aliphatic imine (C=N–C) groups is 1. The first-order chi connectivity index (χ1) is 23.2. The number of benzene rings is 3. The number of para-hydroxylation sites is 2. The molecule has 11 nitrogen and oxygen atoms in total. The highest BCUT2D eigenvalue weighted by molar-refractivity contribution is 7.59. The topological polar surface area (TPSA) is 185 Å². The lowest BCUT2D eigenvalue weighted by Crippen LogP contribution is -2.53. The van der Waals surface area contributed by atoms with Gasteiger partial charge in [-0.3, -0.25) is 24.2 Å². The minimum Gasteiger partial charge on any atom is -0.370 e. The van der Waals surface area contributed by atoms with Gasteiger partial charge in [-0.2, -0.15) is 40.5 Å². The maximum Gasteiger partial charge on any atom is 0.243 e. The maximum atomic E-state index is 14.1. The molecule has 7 N–H and O–H groups in total. The second-order valence-corrected chi connectivity index (χ2v) is 12.8. The van der Waals surface area contributed by atoms with Crippen LogP contribution in [0.15, 0.2) is 90.1 Å². The van der Waals surface area contributed by atoms with Crippen LogP contribution in [0.3, 0.4) is 0 Å². The lowest BCUT2D eigenvalue weighted by Gasteiger charge is -2.24. The van der Waals surface area contributed by atoms with Gasteiger partial charge in [0, 0.05) is 49.3 Å². The number of rotatable bonds is 16. The summed E-state index contributed by atoms with van der Waals surface area (Å²) >= 11 is 1.29. The van der Waals surface area contributed by atoms with E-state index in [1.165, 1.54) is 18.3 Å². The molecular weight excluding hydrogens is 723 g/mol. The number of carbonyl (C=O) groups excluding carboxylic acids is 4. The zero-order chi connectivity index (χ0) is 34.0. The van der Waals surface area contributed by atoms with E-state index in [2.05, 4.69) is 25.6 Å². The van der Waals surface area contributed by atoms with Crippen LogP contribution in [0.4, 0.5) is 0 Å². The molecule has 0 radical (unpaired) electrons. The van der Waals surface area contributed by atoms with E-state index in [0.29, 0.717) is 29.9 Å². The summed E-state index contributed by atoms with van der Waals surface area (Å²) in [7, 11) is 0. The molecule has 0 aliphatic carbocycles. The van der Waals surface area contributed by atoms with Gasteiger partial charge < -0.3 is 27.1 Å². The van der Waals surface area contributed by atoms with E-state index in [0.717, 1.165) is 26.7 Å². The van der Waals surface area contributed by atoms with Crippen LogP contribution >= 0.6 is 51.8 Å². The molecule has 3 atom stereocenters. The highest BCUT2D eigenvalue weighted by atomic mass is 32.1. The number of H-pyrrole nitrogens is 1. The van der Waals surface area contributed by atoms with Gasteiger partial charge in [-0.1, -0.05) is 60.7 Å². The summed E-state index contributed by atoms with van der Waals surface area (Å²) in [5, 5.41) is 6.95. The second kappa shape index (κ2) is 20.5. The first-order valence-electron chi connectivity index (χ1n) is 15.8. The molecule has 0 spiro atoms. The van der Waals surface area contributed by atoms with Gasteiger partial charge in [0.15, 0.2) is 22.5 Å². The lowest BCUT2D eigenvalue weighted by molar-refractivity contribution is -0.131. The number of Topliss-reactive ketones (excluding diaryl/α,β-unsaturated/α-hetero) is 2. The molecule has 3 aromatic carbocycles. The van der Waals surface area contributed by atoms with Crippen LogP contribution in [-0.4, -0.2) is 57.9 Å². The predicted molar refractivity (Wildman–Crippen MR) is 220 cm³/mol. The largest absolute Gasteiger partial charge is 0.370 e. The molecule has 5 rings (SSSR count). The van der Waals surface area contributed by atoms with Gasteiger partial charge in [-0.05, 0) is 48.6 Å². The molecule has 0 saturated heterocycles. The Morgan fingerprint density at radius 2 is 1.55 bits per heavy atom. The number of aromatic nitrogens is 2. The molecular formula is C36H45N7O4S4. The molecule has 5 aromatic rings. The zero-order valence-electron chi connectivity index (χ0n) is 28.1. The molecule has 2 aromatic heterocycles. The number of nitrogens with zero attached hydrogens (tertiary/aromatic N) is 2. The Labute approximate surface area is 321 Å². The zero-order valence-corrected chi connectivity index (χ0v) is 32.0. The number of nitrogens with two attached hydrogens (primary N) is 2. The van der Waals surface area contributed by atoms with E-state index < -0.39 is 23.9 Å². The number of ketones is 2. The van der Waals surface area contributed by atoms with Gasteiger partial charge in [-0.25, -0.2) is 4.98 Å². The number of guanidine groups is 1. The summed E-state index contributed by atoms with van der Waals surface area (Å²) in [6.45, 7) is 1.65. The summed E-state index contributed by atoms with van der Waals surface area (Å²) in [5.74, 6) is -2.17. The van der Waals surface area contributed by atoms with Crippen LogP contribution in [0.25, 0.3) is 21.1 Å². The number of amides is 2. The van der Waals surface area contributed by atoms with Crippen molar-refractivity contribution < 1.29 is 19.2 Å². The number of hydrogen-bond acceptors (Lipinski definition) is 7.